The van der Waals surface area contributed by atoms with Crippen molar-refractivity contribution in [1.82, 2.24) is 4.98 Å². The van der Waals surface area contributed by atoms with Crippen molar-refractivity contribution in [2.45, 2.75) is 13.0 Å². The summed E-state index contributed by atoms with van der Waals surface area (Å²) in [6.45, 7) is 5.74. The van der Waals surface area contributed by atoms with Gasteiger partial charge in [-0.1, -0.05) is 0 Å². The van der Waals surface area contributed by atoms with Crippen LogP contribution in [0.25, 0.3) is 0 Å². The van der Waals surface area contributed by atoms with Crippen LogP contribution >= 0.6 is 0 Å². The Hall–Kier alpha value is -1.33. The maximum atomic E-state index is 5.64. The predicted molar refractivity (Wildman–Crippen MR) is 67.1 cm³/mol. The molecule has 1 aromatic heterocycles. The first-order chi connectivity index (χ1) is 8.29. The molecule has 1 aromatic rings. The van der Waals surface area contributed by atoms with E-state index >= 15 is 0 Å². The van der Waals surface area contributed by atoms with E-state index in [-0.39, 0.29) is 6.10 Å². The fourth-order valence-electron chi connectivity index (χ4n) is 1.86. The fraction of sp³-hybridized carbons (Fsp3) is 0.583. The van der Waals surface area contributed by atoms with Crippen molar-refractivity contribution in [1.29, 1.82) is 0 Å². The molecule has 0 unspecified atom stereocenters. The highest BCUT2D eigenvalue weighted by molar-refractivity contribution is 5.46. The molecule has 0 aromatic carbocycles. The minimum atomic E-state index is 0.128. The van der Waals surface area contributed by atoms with Crippen molar-refractivity contribution in [2.24, 2.45) is 0 Å². The van der Waals surface area contributed by atoms with E-state index in [9.17, 15) is 0 Å². The van der Waals surface area contributed by atoms with E-state index in [0.29, 0.717) is 18.9 Å². The van der Waals surface area contributed by atoms with E-state index in [1.807, 2.05) is 19.1 Å². The summed E-state index contributed by atoms with van der Waals surface area (Å²) in [6, 6.07) is 3.81. The minimum absolute atomic E-state index is 0.128. The molecule has 1 saturated heterocycles. The molecule has 0 bridgehead atoms. The summed E-state index contributed by atoms with van der Waals surface area (Å²) in [5.74, 6) is 0.948. The van der Waals surface area contributed by atoms with Gasteiger partial charge in [0.2, 0.25) is 0 Å². The third-order valence-electron chi connectivity index (χ3n) is 2.74. The molecule has 2 N–H and O–H groups in total. The Bertz CT molecular complexity index is 342. The standard InChI is InChI=1S/C12H19N3O2/c1-2-16-9-11-8-15(5-6-17-11)12-4-3-10(13)7-14-12/h3-4,7,11H,2,5-6,8-9,13H2,1H3/t11-/m1/s1. The lowest BCUT2D eigenvalue weighted by atomic mass is 10.2. The average Bonchev–Trinajstić information content (AvgIpc) is 2.37. The van der Waals surface area contributed by atoms with Gasteiger partial charge in [0.05, 0.1) is 31.2 Å². The largest absolute Gasteiger partial charge is 0.397 e. The van der Waals surface area contributed by atoms with Crippen molar-refractivity contribution in [3.63, 3.8) is 0 Å². The Morgan fingerprint density at radius 2 is 2.47 bits per heavy atom. The number of rotatable bonds is 4. The lowest BCUT2D eigenvalue weighted by Crippen LogP contribution is -2.44. The van der Waals surface area contributed by atoms with Crippen LogP contribution in [0.2, 0.25) is 0 Å². The molecule has 1 aliphatic rings. The highest BCUT2D eigenvalue weighted by Crippen LogP contribution is 2.16. The van der Waals surface area contributed by atoms with E-state index in [2.05, 4.69) is 9.88 Å². The number of nitrogen functional groups attached to an aromatic ring is 1. The van der Waals surface area contributed by atoms with Gasteiger partial charge in [-0.15, -0.1) is 0 Å². The number of pyridine rings is 1. The van der Waals surface area contributed by atoms with Gasteiger partial charge < -0.3 is 20.1 Å². The molecule has 17 heavy (non-hydrogen) atoms. The molecule has 0 amide bonds. The molecule has 1 aliphatic heterocycles. The molecule has 5 nitrogen and oxygen atoms in total. The molecular formula is C12H19N3O2. The lowest BCUT2D eigenvalue weighted by Gasteiger charge is -2.33. The van der Waals surface area contributed by atoms with Gasteiger partial charge in [0.1, 0.15) is 5.82 Å². The van der Waals surface area contributed by atoms with Crippen LogP contribution in [0.5, 0.6) is 0 Å². The van der Waals surface area contributed by atoms with Crippen LogP contribution in [-0.4, -0.2) is 44.0 Å². The summed E-state index contributed by atoms with van der Waals surface area (Å²) in [6.07, 6.45) is 1.81. The maximum Gasteiger partial charge on any atom is 0.128 e. The van der Waals surface area contributed by atoms with E-state index < -0.39 is 0 Å². The number of morpholine rings is 1. The van der Waals surface area contributed by atoms with Gasteiger partial charge in [-0.25, -0.2) is 4.98 Å². The van der Waals surface area contributed by atoms with Crippen LogP contribution in [0, 0.1) is 0 Å². The topological polar surface area (TPSA) is 60.6 Å². The highest BCUT2D eigenvalue weighted by atomic mass is 16.5. The summed E-state index contributed by atoms with van der Waals surface area (Å²) >= 11 is 0. The summed E-state index contributed by atoms with van der Waals surface area (Å²) in [5.41, 5.74) is 6.31. The number of anilines is 2. The van der Waals surface area contributed by atoms with Gasteiger partial charge in [-0.05, 0) is 19.1 Å². The Balaban J connectivity index is 1.94. The van der Waals surface area contributed by atoms with Crippen LogP contribution in [0.4, 0.5) is 11.5 Å². The number of hydrogen-bond acceptors (Lipinski definition) is 5. The number of aromatic nitrogens is 1. The zero-order valence-electron chi connectivity index (χ0n) is 10.1. The molecule has 0 saturated carbocycles. The number of nitrogens with two attached hydrogens (primary N) is 1. The highest BCUT2D eigenvalue weighted by Gasteiger charge is 2.21. The normalized spacial score (nSPS) is 20.5. The first-order valence-electron chi connectivity index (χ1n) is 5.95. The van der Waals surface area contributed by atoms with Gasteiger partial charge in [-0.3, -0.25) is 0 Å². The quantitative estimate of drug-likeness (QED) is 0.843. The van der Waals surface area contributed by atoms with E-state index in [1.165, 1.54) is 0 Å². The summed E-state index contributed by atoms with van der Waals surface area (Å²) in [7, 11) is 0. The monoisotopic (exact) mass is 237 g/mol. The van der Waals surface area contributed by atoms with E-state index in [0.717, 1.165) is 25.5 Å². The molecule has 94 valence electrons. The zero-order chi connectivity index (χ0) is 12.1. The van der Waals surface area contributed by atoms with Crippen molar-refractivity contribution >= 4 is 11.5 Å². The Morgan fingerprint density at radius 1 is 1.59 bits per heavy atom. The SMILES string of the molecule is CCOC[C@H]1CN(c2ccc(N)cn2)CCO1. The van der Waals surface area contributed by atoms with Crippen LogP contribution in [0.15, 0.2) is 18.3 Å². The second-order valence-corrected chi connectivity index (χ2v) is 4.05. The Labute approximate surface area is 102 Å². The van der Waals surface area contributed by atoms with Crippen molar-refractivity contribution < 1.29 is 9.47 Å². The van der Waals surface area contributed by atoms with Crippen LogP contribution in [0.1, 0.15) is 6.92 Å². The number of nitrogens with zero attached hydrogens (tertiary/aromatic N) is 2. The molecule has 1 fully saturated rings. The molecule has 0 spiro atoms. The second-order valence-electron chi connectivity index (χ2n) is 4.05. The third-order valence-corrected chi connectivity index (χ3v) is 2.74. The van der Waals surface area contributed by atoms with Gasteiger partial charge in [0.25, 0.3) is 0 Å². The number of ether oxygens (including phenoxy) is 2. The lowest BCUT2D eigenvalue weighted by molar-refractivity contribution is -0.0209. The van der Waals surface area contributed by atoms with E-state index in [4.69, 9.17) is 15.2 Å². The molecule has 2 rings (SSSR count). The maximum absolute atomic E-state index is 5.64. The van der Waals surface area contributed by atoms with Gasteiger partial charge in [-0.2, -0.15) is 0 Å². The average molecular weight is 237 g/mol. The van der Waals surface area contributed by atoms with Gasteiger partial charge >= 0.3 is 0 Å². The third kappa shape index (κ3) is 3.31. The molecule has 0 aliphatic carbocycles. The first-order valence-corrected chi connectivity index (χ1v) is 5.95. The summed E-state index contributed by atoms with van der Waals surface area (Å²) < 4.78 is 11.0. The smallest absolute Gasteiger partial charge is 0.128 e. The van der Waals surface area contributed by atoms with Gasteiger partial charge in [0.15, 0.2) is 0 Å². The molecule has 0 radical (unpaired) electrons. The molecule has 2 heterocycles. The predicted octanol–water partition coefficient (Wildman–Crippen LogP) is 0.906. The van der Waals surface area contributed by atoms with Crippen LogP contribution in [-0.2, 0) is 9.47 Å². The van der Waals surface area contributed by atoms with Gasteiger partial charge in [0, 0.05) is 19.7 Å². The van der Waals surface area contributed by atoms with Crippen molar-refractivity contribution in [3.05, 3.63) is 18.3 Å². The Morgan fingerprint density at radius 3 is 3.18 bits per heavy atom. The molecular weight excluding hydrogens is 218 g/mol. The Kier molecular flexibility index (Phi) is 4.17. The molecule has 1 atom stereocenters. The van der Waals surface area contributed by atoms with Crippen molar-refractivity contribution in [3.8, 4) is 0 Å². The molecule has 5 heteroatoms. The second kappa shape index (κ2) is 5.84. The number of hydrogen-bond donors (Lipinski definition) is 1. The summed E-state index contributed by atoms with van der Waals surface area (Å²) in [4.78, 5) is 6.52. The zero-order valence-corrected chi connectivity index (χ0v) is 10.1. The minimum Gasteiger partial charge on any atom is -0.397 e. The van der Waals surface area contributed by atoms with Crippen LogP contribution in [0.3, 0.4) is 0 Å². The van der Waals surface area contributed by atoms with Crippen molar-refractivity contribution in [2.75, 3.05) is 43.5 Å². The summed E-state index contributed by atoms with van der Waals surface area (Å²) in [5, 5.41) is 0. The van der Waals surface area contributed by atoms with E-state index in [1.54, 1.807) is 6.20 Å². The van der Waals surface area contributed by atoms with Crippen LogP contribution < -0.4 is 10.6 Å². The first kappa shape index (κ1) is 12.1. The fourth-order valence-corrected chi connectivity index (χ4v) is 1.86.